The van der Waals surface area contributed by atoms with Crippen molar-refractivity contribution in [3.05, 3.63) is 23.8 Å². The molecule has 2 rings (SSSR count). The second-order valence-electron chi connectivity index (χ2n) is 6.04. The van der Waals surface area contributed by atoms with Crippen LogP contribution in [0.1, 0.15) is 38.2 Å². The summed E-state index contributed by atoms with van der Waals surface area (Å²) in [5, 5.41) is 0. The van der Waals surface area contributed by atoms with Crippen LogP contribution in [-0.4, -0.2) is 41.7 Å². The first-order valence-electron chi connectivity index (χ1n) is 6.57. The highest BCUT2D eigenvalue weighted by Crippen LogP contribution is 2.27. The number of hydrogen-bond acceptors (Lipinski definition) is 4. The first-order valence-corrected chi connectivity index (χ1v) is 6.57. The van der Waals surface area contributed by atoms with E-state index in [1.807, 2.05) is 12.3 Å². The minimum atomic E-state index is 0.322. The highest BCUT2D eigenvalue weighted by molar-refractivity contribution is 5.04. The van der Waals surface area contributed by atoms with Gasteiger partial charge in [0.2, 0.25) is 0 Å². The highest BCUT2D eigenvalue weighted by atomic mass is 16.5. The van der Waals surface area contributed by atoms with Crippen molar-refractivity contribution in [2.24, 2.45) is 5.41 Å². The fraction of sp³-hybridized carbons (Fsp3) is 0.714. The summed E-state index contributed by atoms with van der Waals surface area (Å²) in [5.74, 6) is 1.31. The molecule has 0 amide bonds. The van der Waals surface area contributed by atoms with Crippen LogP contribution >= 0.6 is 0 Å². The Kier molecular flexibility index (Phi) is 3.97. The Hall–Kier alpha value is -1.00. The van der Waals surface area contributed by atoms with E-state index in [1.165, 1.54) is 0 Å². The van der Waals surface area contributed by atoms with Crippen LogP contribution in [0, 0.1) is 5.41 Å². The van der Waals surface area contributed by atoms with E-state index < -0.39 is 0 Å². The molecule has 4 nitrogen and oxygen atoms in total. The number of aromatic nitrogens is 2. The monoisotopic (exact) mass is 249 g/mol. The smallest absolute Gasteiger partial charge is 0.131 e. The van der Waals surface area contributed by atoms with Crippen LogP contribution in [0.2, 0.25) is 0 Å². The molecular formula is C14H23N3O. The third kappa shape index (κ3) is 3.27. The molecule has 0 unspecified atom stereocenters. The van der Waals surface area contributed by atoms with Crippen LogP contribution < -0.4 is 0 Å². The molecule has 0 spiro atoms. The van der Waals surface area contributed by atoms with Gasteiger partial charge in [-0.25, -0.2) is 9.97 Å². The second-order valence-corrected chi connectivity index (χ2v) is 6.04. The van der Waals surface area contributed by atoms with Gasteiger partial charge in [0.15, 0.2) is 0 Å². The first kappa shape index (κ1) is 13.4. The molecule has 1 fully saturated rings. The van der Waals surface area contributed by atoms with Crippen LogP contribution in [0.3, 0.4) is 0 Å². The number of rotatable bonds is 5. The molecule has 1 aliphatic rings. The Morgan fingerprint density at radius 1 is 1.44 bits per heavy atom. The van der Waals surface area contributed by atoms with Gasteiger partial charge in [-0.05, 0) is 13.1 Å². The van der Waals surface area contributed by atoms with Crippen LogP contribution in [-0.2, 0) is 11.3 Å². The van der Waals surface area contributed by atoms with Crippen molar-refractivity contribution >= 4 is 0 Å². The Balaban J connectivity index is 1.94. The van der Waals surface area contributed by atoms with Crippen LogP contribution in [0.25, 0.3) is 0 Å². The van der Waals surface area contributed by atoms with E-state index in [2.05, 4.69) is 42.7 Å². The zero-order valence-electron chi connectivity index (χ0n) is 11.8. The molecule has 0 atom stereocenters. The van der Waals surface area contributed by atoms with Gasteiger partial charge in [-0.15, -0.1) is 0 Å². The summed E-state index contributed by atoms with van der Waals surface area (Å²) in [6, 6.07) is 2.00. The van der Waals surface area contributed by atoms with Gasteiger partial charge in [0, 0.05) is 30.6 Å². The zero-order valence-corrected chi connectivity index (χ0v) is 11.8. The van der Waals surface area contributed by atoms with Crippen molar-refractivity contribution in [1.29, 1.82) is 0 Å². The number of hydrogen-bond donors (Lipinski definition) is 0. The van der Waals surface area contributed by atoms with Gasteiger partial charge in [-0.1, -0.05) is 20.8 Å². The summed E-state index contributed by atoms with van der Waals surface area (Å²) in [6.45, 7) is 10.2. The van der Waals surface area contributed by atoms with Crippen molar-refractivity contribution in [2.45, 2.75) is 33.2 Å². The Morgan fingerprint density at radius 3 is 2.72 bits per heavy atom. The first-order chi connectivity index (χ1) is 8.48. The van der Waals surface area contributed by atoms with Crippen molar-refractivity contribution in [3.8, 4) is 0 Å². The summed E-state index contributed by atoms with van der Waals surface area (Å²) in [4.78, 5) is 11.2. The number of nitrogens with zero attached hydrogens (tertiary/aromatic N) is 3. The van der Waals surface area contributed by atoms with E-state index in [1.54, 1.807) is 0 Å². The van der Waals surface area contributed by atoms with Crippen LogP contribution in [0.15, 0.2) is 12.3 Å². The van der Waals surface area contributed by atoms with Crippen LogP contribution in [0.5, 0.6) is 0 Å². The zero-order chi connectivity index (χ0) is 13.2. The maximum absolute atomic E-state index is 5.29. The molecule has 0 aromatic carbocycles. The van der Waals surface area contributed by atoms with Crippen molar-refractivity contribution in [1.82, 2.24) is 14.9 Å². The largest absolute Gasteiger partial charge is 0.380 e. The lowest BCUT2D eigenvalue weighted by Gasteiger charge is -2.40. The minimum Gasteiger partial charge on any atom is -0.380 e. The SMILES string of the molecule is CC(C)c1nccc(CN(C)CC2(C)COC2)n1. The molecule has 2 heterocycles. The van der Waals surface area contributed by atoms with Gasteiger partial charge < -0.3 is 4.74 Å². The highest BCUT2D eigenvalue weighted by Gasteiger charge is 2.34. The predicted molar refractivity (Wildman–Crippen MR) is 71.4 cm³/mol. The van der Waals surface area contributed by atoms with Gasteiger partial charge in [-0.2, -0.15) is 0 Å². The van der Waals surface area contributed by atoms with Crippen molar-refractivity contribution < 1.29 is 4.74 Å². The molecular weight excluding hydrogens is 226 g/mol. The maximum atomic E-state index is 5.29. The second kappa shape index (κ2) is 5.33. The summed E-state index contributed by atoms with van der Waals surface area (Å²) in [5.41, 5.74) is 1.42. The van der Waals surface area contributed by atoms with Gasteiger partial charge in [0.05, 0.1) is 18.9 Å². The Bertz CT molecular complexity index is 402. The molecule has 4 heteroatoms. The summed E-state index contributed by atoms with van der Waals surface area (Å²) in [7, 11) is 2.14. The molecule has 1 aromatic heterocycles. The van der Waals surface area contributed by atoms with Gasteiger partial charge in [-0.3, -0.25) is 4.90 Å². The molecule has 1 aromatic rings. The molecule has 0 N–H and O–H groups in total. The van der Waals surface area contributed by atoms with E-state index in [-0.39, 0.29) is 0 Å². The lowest BCUT2D eigenvalue weighted by atomic mass is 9.88. The van der Waals surface area contributed by atoms with Gasteiger partial charge in [0.25, 0.3) is 0 Å². The lowest BCUT2D eigenvalue weighted by molar-refractivity contribution is -0.113. The van der Waals surface area contributed by atoms with E-state index in [4.69, 9.17) is 4.74 Å². The molecule has 0 aliphatic carbocycles. The quantitative estimate of drug-likeness (QED) is 0.800. The van der Waals surface area contributed by atoms with E-state index >= 15 is 0 Å². The van der Waals surface area contributed by atoms with Crippen LogP contribution in [0.4, 0.5) is 0 Å². The average molecular weight is 249 g/mol. The molecule has 1 aliphatic heterocycles. The fourth-order valence-electron chi connectivity index (χ4n) is 2.31. The molecule has 100 valence electrons. The normalized spacial score (nSPS) is 18.1. The Morgan fingerprint density at radius 2 is 2.17 bits per heavy atom. The third-order valence-electron chi connectivity index (χ3n) is 3.23. The van der Waals surface area contributed by atoms with Crippen molar-refractivity contribution in [3.63, 3.8) is 0 Å². The van der Waals surface area contributed by atoms with E-state index in [0.29, 0.717) is 11.3 Å². The average Bonchev–Trinajstić information content (AvgIpc) is 2.27. The summed E-state index contributed by atoms with van der Waals surface area (Å²) < 4.78 is 5.29. The van der Waals surface area contributed by atoms with E-state index in [0.717, 1.165) is 37.8 Å². The third-order valence-corrected chi connectivity index (χ3v) is 3.23. The lowest BCUT2D eigenvalue weighted by Crippen LogP contribution is -2.47. The molecule has 1 saturated heterocycles. The molecule has 0 radical (unpaired) electrons. The van der Waals surface area contributed by atoms with Gasteiger partial charge >= 0.3 is 0 Å². The van der Waals surface area contributed by atoms with E-state index in [9.17, 15) is 0 Å². The maximum Gasteiger partial charge on any atom is 0.131 e. The topological polar surface area (TPSA) is 38.2 Å². The van der Waals surface area contributed by atoms with Gasteiger partial charge in [0.1, 0.15) is 5.82 Å². The standard InChI is InChI=1S/C14H23N3O/c1-11(2)13-15-6-5-12(16-13)7-17(4)8-14(3)9-18-10-14/h5-6,11H,7-10H2,1-4H3. The number of ether oxygens (including phenoxy) is 1. The molecule has 18 heavy (non-hydrogen) atoms. The predicted octanol–water partition coefficient (Wildman–Crippen LogP) is 2.07. The minimum absolute atomic E-state index is 0.322. The fourth-order valence-corrected chi connectivity index (χ4v) is 2.31. The summed E-state index contributed by atoms with van der Waals surface area (Å²) >= 11 is 0. The molecule has 0 bridgehead atoms. The molecule has 0 saturated carbocycles. The summed E-state index contributed by atoms with van der Waals surface area (Å²) in [6.07, 6.45) is 1.86. The Labute approximate surface area is 109 Å². The van der Waals surface area contributed by atoms with Crippen molar-refractivity contribution in [2.75, 3.05) is 26.8 Å².